The molecule has 1 aliphatic carbocycles. The van der Waals surface area contributed by atoms with E-state index < -0.39 is 33.9 Å². The van der Waals surface area contributed by atoms with Crippen molar-refractivity contribution in [3.05, 3.63) is 54.0 Å². The molecule has 0 saturated heterocycles. The normalized spacial score (nSPS) is 19.7. The van der Waals surface area contributed by atoms with Crippen molar-refractivity contribution >= 4 is 21.9 Å². The lowest BCUT2D eigenvalue weighted by Gasteiger charge is -2.17. The number of amides is 1. The van der Waals surface area contributed by atoms with Crippen LogP contribution in [0.2, 0.25) is 0 Å². The zero-order valence-electron chi connectivity index (χ0n) is 14.4. The SMILES string of the molecule is O=C(N[C@H]1CCC[C@H]1C(=O)O)c1ccc(S(=O)(=O)NCc2ccco2)cc1. The van der Waals surface area contributed by atoms with Gasteiger partial charge in [-0.25, -0.2) is 13.1 Å². The summed E-state index contributed by atoms with van der Waals surface area (Å²) in [6.45, 7) is 0.0236. The Morgan fingerprint density at radius 1 is 1.15 bits per heavy atom. The largest absolute Gasteiger partial charge is 0.481 e. The summed E-state index contributed by atoms with van der Waals surface area (Å²) >= 11 is 0. The van der Waals surface area contributed by atoms with E-state index in [1.807, 2.05) is 0 Å². The summed E-state index contributed by atoms with van der Waals surface area (Å²) in [5, 5.41) is 11.9. The van der Waals surface area contributed by atoms with Crippen LogP contribution in [0.4, 0.5) is 0 Å². The molecule has 0 bridgehead atoms. The first kappa shape index (κ1) is 19.1. The lowest BCUT2D eigenvalue weighted by atomic mass is 10.0. The highest BCUT2D eigenvalue weighted by Crippen LogP contribution is 2.26. The van der Waals surface area contributed by atoms with E-state index in [1.54, 1.807) is 12.1 Å². The summed E-state index contributed by atoms with van der Waals surface area (Å²) in [5.41, 5.74) is 0.274. The maximum absolute atomic E-state index is 12.3. The first-order chi connectivity index (χ1) is 12.9. The molecule has 2 aromatic rings. The van der Waals surface area contributed by atoms with Gasteiger partial charge in [-0.05, 0) is 49.2 Å². The van der Waals surface area contributed by atoms with E-state index >= 15 is 0 Å². The van der Waals surface area contributed by atoms with Crippen LogP contribution >= 0.6 is 0 Å². The smallest absolute Gasteiger partial charge is 0.308 e. The molecule has 0 radical (unpaired) electrons. The lowest BCUT2D eigenvalue weighted by molar-refractivity contribution is -0.142. The van der Waals surface area contributed by atoms with Gasteiger partial charge in [-0.15, -0.1) is 0 Å². The van der Waals surface area contributed by atoms with Crippen LogP contribution in [-0.2, 0) is 21.4 Å². The fourth-order valence-corrected chi connectivity index (χ4v) is 4.12. The number of hydrogen-bond acceptors (Lipinski definition) is 5. The second kappa shape index (κ2) is 7.93. The molecule has 0 spiro atoms. The van der Waals surface area contributed by atoms with Crippen LogP contribution in [0.1, 0.15) is 35.4 Å². The Hall–Kier alpha value is -2.65. The highest BCUT2D eigenvalue weighted by molar-refractivity contribution is 7.89. The minimum Gasteiger partial charge on any atom is -0.481 e. The van der Waals surface area contributed by atoms with Crippen molar-refractivity contribution in [2.45, 2.75) is 36.7 Å². The molecule has 9 heteroatoms. The summed E-state index contributed by atoms with van der Waals surface area (Å²) in [7, 11) is -3.74. The second-order valence-corrected chi connectivity index (χ2v) is 8.15. The van der Waals surface area contributed by atoms with Crippen molar-refractivity contribution < 1.29 is 27.5 Å². The monoisotopic (exact) mass is 392 g/mol. The summed E-state index contributed by atoms with van der Waals surface area (Å²) in [6, 6.07) is 8.39. The zero-order chi connectivity index (χ0) is 19.4. The Morgan fingerprint density at radius 2 is 1.89 bits per heavy atom. The minimum atomic E-state index is -3.74. The van der Waals surface area contributed by atoms with Gasteiger partial charge in [0.15, 0.2) is 0 Å². The van der Waals surface area contributed by atoms with Crippen LogP contribution in [0.15, 0.2) is 52.0 Å². The number of carboxylic acids is 1. The topological polar surface area (TPSA) is 126 Å². The van der Waals surface area contributed by atoms with Crippen molar-refractivity contribution in [3.8, 4) is 0 Å². The van der Waals surface area contributed by atoms with Crippen LogP contribution in [0.5, 0.6) is 0 Å². The van der Waals surface area contributed by atoms with Gasteiger partial charge in [0.05, 0.1) is 23.6 Å². The molecule has 1 amide bonds. The number of aliphatic carboxylic acids is 1. The van der Waals surface area contributed by atoms with Crippen LogP contribution < -0.4 is 10.0 Å². The Bertz CT molecular complexity index is 906. The van der Waals surface area contributed by atoms with Crippen LogP contribution in [0, 0.1) is 5.92 Å². The molecule has 1 saturated carbocycles. The molecule has 2 atom stereocenters. The average molecular weight is 392 g/mol. The van der Waals surface area contributed by atoms with E-state index in [2.05, 4.69) is 10.0 Å². The van der Waals surface area contributed by atoms with Crippen molar-refractivity contribution in [2.24, 2.45) is 5.92 Å². The molecule has 8 nitrogen and oxygen atoms in total. The first-order valence-corrected chi connectivity index (χ1v) is 10.0. The maximum atomic E-state index is 12.3. The van der Waals surface area contributed by atoms with Gasteiger partial charge in [-0.3, -0.25) is 9.59 Å². The number of hydrogen-bond donors (Lipinski definition) is 3. The molecule has 3 N–H and O–H groups in total. The number of carbonyl (C=O) groups excluding carboxylic acids is 1. The molecule has 1 aromatic carbocycles. The van der Waals surface area contributed by atoms with Crippen molar-refractivity contribution in [2.75, 3.05) is 0 Å². The number of carboxylic acid groups (broad SMARTS) is 1. The van der Waals surface area contributed by atoms with Gasteiger partial charge in [-0.2, -0.15) is 0 Å². The number of nitrogens with one attached hydrogen (secondary N) is 2. The number of carbonyl (C=O) groups is 2. The Morgan fingerprint density at radius 3 is 2.52 bits per heavy atom. The molecule has 1 aromatic heterocycles. The fraction of sp³-hybridized carbons (Fsp3) is 0.333. The van der Waals surface area contributed by atoms with E-state index in [-0.39, 0.29) is 17.0 Å². The summed E-state index contributed by atoms with van der Waals surface area (Å²) in [4.78, 5) is 23.6. The molecule has 1 fully saturated rings. The van der Waals surface area contributed by atoms with Crippen LogP contribution in [0.25, 0.3) is 0 Å². The van der Waals surface area contributed by atoms with E-state index in [9.17, 15) is 23.1 Å². The van der Waals surface area contributed by atoms with Gasteiger partial charge >= 0.3 is 5.97 Å². The predicted octanol–water partition coefficient (Wildman–Crippen LogP) is 1.74. The third-order valence-electron chi connectivity index (χ3n) is 4.59. The number of furan rings is 1. The minimum absolute atomic E-state index is 0.0230. The van der Waals surface area contributed by atoms with Gasteiger partial charge in [0.1, 0.15) is 5.76 Å². The first-order valence-electron chi connectivity index (χ1n) is 8.52. The molecule has 3 rings (SSSR count). The summed E-state index contributed by atoms with van der Waals surface area (Å²) in [6.07, 6.45) is 3.36. The highest BCUT2D eigenvalue weighted by atomic mass is 32.2. The van der Waals surface area contributed by atoms with E-state index in [0.717, 1.165) is 6.42 Å². The molecule has 144 valence electrons. The molecule has 27 heavy (non-hydrogen) atoms. The predicted molar refractivity (Wildman–Crippen MR) is 95.4 cm³/mol. The number of benzene rings is 1. The lowest BCUT2D eigenvalue weighted by Crippen LogP contribution is -2.40. The summed E-state index contributed by atoms with van der Waals surface area (Å²) < 4.78 is 32.1. The van der Waals surface area contributed by atoms with Crippen LogP contribution in [-0.4, -0.2) is 31.4 Å². The molecular weight excluding hydrogens is 372 g/mol. The Kier molecular flexibility index (Phi) is 5.62. The molecule has 1 heterocycles. The molecule has 1 aliphatic rings. The van der Waals surface area contributed by atoms with E-state index in [4.69, 9.17) is 4.42 Å². The van der Waals surface area contributed by atoms with Gasteiger partial charge in [0, 0.05) is 11.6 Å². The van der Waals surface area contributed by atoms with Gasteiger partial charge < -0.3 is 14.8 Å². The maximum Gasteiger partial charge on any atom is 0.308 e. The highest BCUT2D eigenvalue weighted by Gasteiger charge is 2.34. The van der Waals surface area contributed by atoms with E-state index in [1.165, 1.54) is 30.5 Å². The third kappa shape index (κ3) is 4.55. The third-order valence-corrected chi connectivity index (χ3v) is 6.01. The average Bonchev–Trinajstić information content (AvgIpc) is 3.32. The van der Waals surface area contributed by atoms with Crippen molar-refractivity contribution in [1.82, 2.24) is 10.0 Å². The standard InChI is InChI=1S/C18H20N2O6S/c21-17(20-16-5-1-4-15(16)18(22)23)12-6-8-14(9-7-12)27(24,25)19-11-13-3-2-10-26-13/h2-3,6-10,15-16,19H,1,4-5,11H2,(H,20,21)(H,22,23)/t15-,16+/m1/s1. The van der Waals surface area contributed by atoms with Gasteiger partial charge in [-0.1, -0.05) is 6.42 Å². The fourth-order valence-electron chi connectivity index (χ4n) is 3.13. The zero-order valence-corrected chi connectivity index (χ0v) is 15.2. The summed E-state index contributed by atoms with van der Waals surface area (Å²) in [5.74, 6) is -1.43. The van der Waals surface area contributed by atoms with Crippen molar-refractivity contribution in [3.63, 3.8) is 0 Å². The van der Waals surface area contributed by atoms with E-state index in [0.29, 0.717) is 18.6 Å². The van der Waals surface area contributed by atoms with Gasteiger partial charge in [0.25, 0.3) is 5.91 Å². The number of sulfonamides is 1. The van der Waals surface area contributed by atoms with Crippen LogP contribution in [0.3, 0.4) is 0 Å². The molecule has 0 aliphatic heterocycles. The molecule has 0 unspecified atom stereocenters. The van der Waals surface area contributed by atoms with Gasteiger partial charge in [0.2, 0.25) is 10.0 Å². The quantitative estimate of drug-likeness (QED) is 0.659. The Labute approximate surface area is 156 Å². The number of rotatable bonds is 7. The molecular formula is C18H20N2O6S. The Balaban J connectivity index is 1.64. The second-order valence-electron chi connectivity index (χ2n) is 6.38. The van der Waals surface area contributed by atoms with Crippen molar-refractivity contribution in [1.29, 1.82) is 0 Å².